The molecule has 0 heterocycles. The number of aliphatic hydroxyl groups is 1. The fourth-order valence-electron chi connectivity index (χ4n) is 0.0858. The van der Waals surface area contributed by atoms with E-state index in [-0.39, 0.29) is 6.61 Å². The summed E-state index contributed by atoms with van der Waals surface area (Å²) in [5.41, 5.74) is 0.625. The first-order valence-electron chi connectivity index (χ1n) is 1.82. The van der Waals surface area contributed by atoms with Crippen LogP contribution in [0.25, 0.3) is 0 Å². The van der Waals surface area contributed by atoms with Gasteiger partial charge in [0.05, 0.1) is 6.61 Å². The van der Waals surface area contributed by atoms with Crippen LogP contribution in [0.15, 0.2) is 23.2 Å². The molecule has 1 nitrogen and oxygen atoms in total. The maximum absolute atomic E-state index is 8.31. The normalized spacial score (nSPS) is 8.29. The summed E-state index contributed by atoms with van der Waals surface area (Å²) in [6.45, 7) is 6.94. The van der Waals surface area contributed by atoms with Gasteiger partial charge in [0.1, 0.15) is 0 Å². The van der Waals surface area contributed by atoms with Crippen molar-refractivity contribution in [1.29, 1.82) is 0 Å². The molecule has 0 saturated carbocycles. The molecule has 7 heavy (non-hydrogen) atoms. The molecule has 0 aromatic heterocycles. The van der Waals surface area contributed by atoms with E-state index in [1.165, 1.54) is 0 Å². The predicted molar refractivity (Wildman–Crippen MR) is 34.3 cm³/mol. The van der Waals surface area contributed by atoms with Crippen LogP contribution >= 0.6 is 15.9 Å². The summed E-state index contributed by atoms with van der Waals surface area (Å²) in [6.07, 6.45) is 0. The molecule has 0 aromatic carbocycles. The Morgan fingerprint density at radius 1 is 1.57 bits per heavy atom. The van der Waals surface area contributed by atoms with E-state index >= 15 is 0 Å². The molecule has 0 radical (unpaired) electrons. The first-order chi connectivity index (χ1) is 3.18. The minimum atomic E-state index is -0.0237. The molecule has 0 fully saturated rings. The van der Waals surface area contributed by atoms with Crippen molar-refractivity contribution in [1.82, 2.24) is 0 Å². The van der Waals surface area contributed by atoms with Crippen LogP contribution in [0.3, 0.4) is 0 Å². The number of halogens is 1. The lowest BCUT2D eigenvalue weighted by atomic mass is 10.3. The molecule has 0 unspecified atom stereocenters. The van der Waals surface area contributed by atoms with Gasteiger partial charge in [0, 0.05) is 4.48 Å². The van der Waals surface area contributed by atoms with Crippen molar-refractivity contribution in [3.05, 3.63) is 23.2 Å². The Morgan fingerprint density at radius 2 is 2.00 bits per heavy atom. The minimum absolute atomic E-state index is 0.0237. The zero-order valence-electron chi connectivity index (χ0n) is 3.95. The number of hydrogen-bond acceptors (Lipinski definition) is 1. The zero-order chi connectivity index (χ0) is 5.86. The van der Waals surface area contributed by atoms with Crippen LogP contribution in [0.5, 0.6) is 0 Å². The van der Waals surface area contributed by atoms with E-state index < -0.39 is 0 Å². The number of aliphatic hydroxyl groups excluding tert-OH is 1. The summed E-state index contributed by atoms with van der Waals surface area (Å²) in [4.78, 5) is 0. The first kappa shape index (κ1) is 6.92. The molecule has 2 heteroatoms. The monoisotopic (exact) mass is 162 g/mol. The molecule has 40 valence electrons. The summed E-state index contributed by atoms with van der Waals surface area (Å²) < 4.78 is 0.662. The molecule has 0 atom stereocenters. The molecular formula is C5H7BrO. The SMILES string of the molecule is C=C(Br)C(=C)CO. The van der Waals surface area contributed by atoms with E-state index in [9.17, 15) is 0 Å². The van der Waals surface area contributed by atoms with Crippen molar-refractivity contribution >= 4 is 15.9 Å². The lowest BCUT2D eigenvalue weighted by Crippen LogP contribution is -1.84. The van der Waals surface area contributed by atoms with Gasteiger partial charge in [-0.3, -0.25) is 0 Å². The Balaban J connectivity index is 3.58. The van der Waals surface area contributed by atoms with Crippen molar-refractivity contribution < 1.29 is 5.11 Å². The standard InChI is InChI=1S/C5H7BrO/c1-4(3-7)5(2)6/h7H,1-3H2. The Hall–Kier alpha value is -0.0800. The Kier molecular flexibility index (Phi) is 2.96. The highest BCUT2D eigenvalue weighted by Gasteiger charge is 1.88. The first-order valence-corrected chi connectivity index (χ1v) is 2.61. The van der Waals surface area contributed by atoms with Crippen LogP contribution in [0.2, 0.25) is 0 Å². The van der Waals surface area contributed by atoms with Crippen LogP contribution in [0.4, 0.5) is 0 Å². The lowest BCUT2D eigenvalue weighted by Gasteiger charge is -1.92. The van der Waals surface area contributed by atoms with Gasteiger partial charge >= 0.3 is 0 Å². The van der Waals surface area contributed by atoms with Crippen molar-refractivity contribution in [3.8, 4) is 0 Å². The van der Waals surface area contributed by atoms with Gasteiger partial charge in [0.25, 0.3) is 0 Å². The van der Waals surface area contributed by atoms with E-state index in [1.54, 1.807) is 0 Å². The van der Waals surface area contributed by atoms with Crippen LogP contribution in [-0.4, -0.2) is 11.7 Å². The van der Waals surface area contributed by atoms with Gasteiger partial charge in [0.2, 0.25) is 0 Å². The Bertz CT molecular complexity index is 96.3. The van der Waals surface area contributed by atoms with Gasteiger partial charge < -0.3 is 5.11 Å². The fraction of sp³-hybridized carbons (Fsp3) is 0.200. The molecule has 0 aliphatic rings. The maximum atomic E-state index is 8.31. The van der Waals surface area contributed by atoms with Crippen LogP contribution in [0.1, 0.15) is 0 Å². The highest BCUT2D eigenvalue weighted by molar-refractivity contribution is 9.11. The van der Waals surface area contributed by atoms with Crippen molar-refractivity contribution in [3.63, 3.8) is 0 Å². The second-order valence-electron chi connectivity index (χ2n) is 1.17. The van der Waals surface area contributed by atoms with E-state index in [4.69, 9.17) is 5.11 Å². The number of rotatable bonds is 2. The second-order valence-corrected chi connectivity index (χ2v) is 2.12. The lowest BCUT2D eigenvalue weighted by molar-refractivity contribution is 0.335. The molecule has 0 saturated heterocycles. The molecule has 0 rings (SSSR count). The molecule has 0 spiro atoms. The Morgan fingerprint density at radius 3 is 2.00 bits per heavy atom. The van der Waals surface area contributed by atoms with Crippen LogP contribution < -0.4 is 0 Å². The summed E-state index contributed by atoms with van der Waals surface area (Å²) in [5, 5.41) is 8.31. The molecule has 0 aromatic rings. The fourth-order valence-corrected chi connectivity index (χ4v) is 0.211. The van der Waals surface area contributed by atoms with Gasteiger partial charge in [-0.05, 0) is 5.57 Å². The third-order valence-corrected chi connectivity index (χ3v) is 1.14. The van der Waals surface area contributed by atoms with Crippen LogP contribution in [0, 0.1) is 0 Å². The van der Waals surface area contributed by atoms with Crippen molar-refractivity contribution in [2.75, 3.05) is 6.61 Å². The summed E-state index contributed by atoms with van der Waals surface area (Å²) in [7, 11) is 0. The van der Waals surface area contributed by atoms with E-state index in [0.717, 1.165) is 0 Å². The third kappa shape index (κ3) is 2.60. The van der Waals surface area contributed by atoms with Gasteiger partial charge in [-0.25, -0.2) is 0 Å². The largest absolute Gasteiger partial charge is 0.392 e. The molecule has 1 N–H and O–H groups in total. The van der Waals surface area contributed by atoms with E-state index in [1.807, 2.05) is 0 Å². The topological polar surface area (TPSA) is 20.2 Å². The summed E-state index contributed by atoms with van der Waals surface area (Å²) in [6, 6.07) is 0. The Labute approximate surface area is 51.5 Å². The maximum Gasteiger partial charge on any atom is 0.0686 e. The van der Waals surface area contributed by atoms with E-state index in [0.29, 0.717) is 10.1 Å². The van der Waals surface area contributed by atoms with Gasteiger partial charge in [-0.15, -0.1) is 0 Å². The van der Waals surface area contributed by atoms with Crippen molar-refractivity contribution in [2.24, 2.45) is 0 Å². The predicted octanol–water partition coefficient (Wildman–Crippen LogP) is 1.44. The average Bonchev–Trinajstić information content (AvgIpc) is 1.65. The van der Waals surface area contributed by atoms with E-state index in [2.05, 4.69) is 29.1 Å². The van der Waals surface area contributed by atoms with Crippen LogP contribution in [-0.2, 0) is 0 Å². The third-order valence-electron chi connectivity index (χ3n) is 0.574. The molecule has 0 bridgehead atoms. The minimum Gasteiger partial charge on any atom is -0.392 e. The number of hydrogen-bond donors (Lipinski definition) is 1. The van der Waals surface area contributed by atoms with Gasteiger partial charge in [-0.1, -0.05) is 29.1 Å². The summed E-state index contributed by atoms with van der Waals surface area (Å²) in [5.74, 6) is 0. The summed E-state index contributed by atoms with van der Waals surface area (Å²) >= 11 is 3.05. The molecule has 0 aliphatic carbocycles. The molecule has 0 amide bonds. The smallest absolute Gasteiger partial charge is 0.0686 e. The van der Waals surface area contributed by atoms with Gasteiger partial charge in [0.15, 0.2) is 0 Å². The molecular weight excluding hydrogens is 156 g/mol. The highest BCUT2D eigenvalue weighted by atomic mass is 79.9. The highest BCUT2D eigenvalue weighted by Crippen LogP contribution is 2.09. The average molecular weight is 163 g/mol. The quantitative estimate of drug-likeness (QED) is 0.610. The second kappa shape index (κ2) is 2.99. The zero-order valence-corrected chi connectivity index (χ0v) is 5.53. The molecule has 0 aliphatic heterocycles. The van der Waals surface area contributed by atoms with Gasteiger partial charge in [-0.2, -0.15) is 0 Å². The van der Waals surface area contributed by atoms with Crippen molar-refractivity contribution in [2.45, 2.75) is 0 Å².